The monoisotopic (exact) mass is 383 g/mol. The van der Waals surface area contributed by atoms with Gasteiger partial charge in [0.2, 0.25) is 0 Å². The Labute approximate surface area is 122 Å². The second kappa shape index (κ2) is 6.87. The van der Waals surface area contributed by atoms with Crippen molar-refractivity contribution in [1.29, 1.82) is 0 Å². The molecule has 0 atom stereocenters. The lowest BCUT2D eigenvalue weighted by Crippen LogP contribution is -2.32. The normalized spacial score (nSPS) is 11.4. The zero-order valence-electron chi connectivity index (χ0n) is 9.74. The summed E-state index contributed by atoms with van der Waals surface area (Å²) in [6.45, 7) is 5.74. The molecule has 1 heterocycles. The summed E-state index contributed by atoms with van der Waals surface area (Å²) < 4.78 is 2.07. The summed E-state index contributed by atoms with van der Waals surface area (Å²) in [5.74, 6) is -0.318. The van der Waals surface area contributed by atoms with Crippen LogP contribution in [0.25, 0.3) is 0 Å². The Hall–Kier alpha value is 0.0900. The molecule has 0 amide bonds. The summed E-state index contributed by atoms with van der Waals surface area (Å²) >= 11 is 8.51. The van der Waals surface area contributed by atoms with E-state index < -0.39 is 5.97 Å². The highest BCUT2D eigenvalue weighted by Gasteiger charge is 2.14. The Morgan fingerprint density at radius 2 is 2.18 bits per heavy atom. The lowest BCUT2D eigenvalue weighted by molar-refractivity contribution is -0.138. The van der Waals surface area contributed by atoms with E-state index in [1.165, 1.54) is 0 Å². The van der Waals surface area contributed by atoms with Gasteiger partial charge in [0.15, 0.2) is 0 Å². The van der Waals surface area contributed by atoms with Gasteiger partial charge in [-0.1, -0.05) is 13.8 Å². The van der Waals surface area contributed by atoms with Crippen LogP contribution < -0.4 is 0 Å². The third kappa shape index (κ3) is 5.50. The molecule has 0 aliphatic rings. The summed E-state index contributed by atoms with van der Waals surface area (Å²) in [5, 5.41) is 8.88. The zero-order chi connectivity index (χ0) is 13.0. The molecule has 1 rings (SSSR count). The van der Waals surface area contributed by atoms with E-state index in [1.54, 1.807) is 11.3 Å². The van der Waals surface area contributed by atoms with Crippen molar-refractivity contribution in [2.24, 2.45) is 5.92 Å². The van der Waals surface area contributed by atoms with Crippen LogP contribution in [-0.2, 0) is 11.3 Å². The number of hydrogen-bond acceptors (Lipinski definition) is 3. The van der Waals surface area contributed by atoms with Gasteiger partial charge in [-0.15, -0.1) is 11.3 Å². The van der Waals surface area contributed by atoms with Crippen molar-refractivity contribution in [2.45, 2.75) is 20.4 Å². The molecule has 0 aromatic carbocycles. The lowest BCUT2D eigenvalue weighted by atomic mass is 10.2. The Balaban J connectivity index is 2.67. The first kappa shape index (κ1) is 15.1. The van der Waals surface area contributed by atoms with Gasteiger partial charge in [-0.05, 0) is 43.8 Å². The van der Waals surface area contributed by atoms with Gasteiger partial charge in [-0.2, -0.15) is 0 Å². The SMILES string of the molecule is CC(C)CN(CC(=O)O)Cc1cc(Br)c(Br)s1. The van der Waals surface area contributed by atoms with Crippen molar-refractivity contribution >= 4 is 49.2 Å². The van der Waals surface area contributed by atoms with Crippen molar-refractivity contribution < 1.29 is 9.90 Å². The Morgan fingerprint density at radius 3 is 2.59 bits per heavy atom. The fraction of sp³-hybridized carbons (Fsp3) is 0.545. The van der Waals surface area contributed by atoms with Crippen LogP contribution in [0.4, 0.5) is 0 Å². The molecule has 0 aliphatic carbocycles. The highest BCUT2D eigenvalue weighted by Crippen LogP contribution is 2.33. The first-order chi connectivity index (χ1) is 7.88. The molecule has 1 aromatic rings. The van der Waals surface area contributed by atoms with Crippen LogP contribution in [0, 0.1) is 5.92 Å². The van der Waals surface area contributed by atoms with Gasteiger partial charge in [0, 0.05) is 22.4 Å². The summed E-state index contributed by atoms with van der Waals surface area (Å²) in [4.78, 5) is 13.9. The number of halogens is 2. The van der Waals surface area contributed by atoms with E-state index in [9.17, 15) is 4.79 Å². The summed E-state index contributed by atoms with van der Waals surface area (Å²) in [7, 11) is 0. The number of thiophene rings is 1. The van der Waals surface area contributed by atoms with Crippen molar-refractivity contribution in [2.75, 3.05) is 13.1 Å². The van der Waals surface area contributed by atoms with E-state index in [-0.39, 0.29) is 6.54 Å². The average Bonchev–Trinajstić information content (AvgIpc) is 2.42. The van der Waals surface area contributed by atoms with Gasteiger partial charge in [0.1, 0.15) is 0 Å². The molecule has 1 N–H and O–H groups in total. The van der Waals surface area contributed by atoms with Crippen molar-refractivity contribution in [1.82, 2.24) is 4.90 Å². The molecule has 0 unspecified atom stereocenters. The second-order valence-electron chi connectivity index (χ2n) is 4.29. The van der Waals surface area contributed by atoms with Gasteiger partial charge < -0.3 is 5.11 Å². The smallest absolute Gasteiger partial charge is 0.317 e. The van der Waals surface area contributed by atoms with Gasteiger partial charge >= 0.3 is 5.97 Å². The van der Waals surface area contributed by atoms with Crippen LogP contribution >= 0.6 is 43.2 Å². The summed E-state index contributed by atoms with van der Waals surface area (Å²) in [6.07, 6.45) is 0. The molecule has 0 fully saturated rings. The van der Waals surface area contributed by atoms with Crippen molar-refractivity contribution in [3.05, 3.63) is 19.2 Å². The lowest BCUT2D eigenvalue weighted by Gasteiger charge is -2.21. The van der Waals surface area contributed by atoms with Crippen molar-refractivity contribution in [3.63, 3.8) is 0 Å². The van der Waals surface area contributed by atoms with Gasteiger partial charge in [-0.3, -0.25) is 9.69 Å². The highest BCUT2D eigenvalue weighted by molar-refractivity contribution is 9.13. The first-order valence-corrected chi connectivity index (χ1v) is 7.66. The number of carbonyl (C=O) groups is 1. The molecule has 0 saturated carbocycles. The van der Waals surface area contributed by atoms with E-state index in [2.05, 4.69) is 45.7 Å². The fourth-order valence-electron chi connectivity index (χ4n) is 1.58. The first-order valence-electron chi connectivity index (χ1n) is 5.26. The number of carboxylic acid groups (broad SMARTS) is 1. The minimum Gasteiger partial charge on any atom is -0.480 e. The number of carboxylic acids is 1. The van der Waals surface area contributed by atoms with Crippen LogP contribution in [0.3, 0.4) is 0 Å². The topological polar surface area (TPSA) is 40.5 Å². The predicted octanol–water partition coefficient (Wildman–Crippen LogP) is 3.82. The van der Waals surface area contributed by atoms with Crippen LogP contribution in [-0.4, -0.2) is 29.1 Å². The molecule has 0 radical (unpaired) electrons. The maximum atomic E-state index is 10.8. The Morgan fingerprint density at radius 1 is 1.53 bits per heavy atom. The van der Waals surface area contributed by atoms with Crippen LogP contribution in [0.2, 0.25) is 0 Å². The van der Waals surface area contributed by atoms with Crippen LogP contribution in [0.5, 0.6) is 0 Å². The molecular formula is C11H15Br2NO2S. The minimum absolute atomic E-state index is 0.0886. The Kier molecular flexibility index (Phi) is 6.12. The minimum atomic E-state index is -0.777. The van der Waals surface area contributed by atoms with Crippen LogP contribution in [0.15, 0.2) is 14.3 Å². The quantitative estimate of drug-likeness (QED) is 0.810. The number of hydrogen-bond donors (Lipinski definition) is 1. The predicted molar refractivity (Wildman–Crippen MR) is 77.5 cm³/mol. The van der Waals surface area contributed by atoms with Gasteiger partial charge in [0.25, 0.3) is 0 Å². The molecule has 0 spiro atoms. The molecule has 17 heavy (non-hydrogen) atoms. The molecule has 0 aliphatic heterocycles. The largest absolute Gasteiger partial charge is 0.480 e. The third-order valence-electron chi connectivity index (χ3n) is 2.06. The maximum absolute atomic E-state index is 10.8. The molecule has 0 bridgehead atoms. The van der Waals surface area contributed by atoms with E-state index in [0.717, 1.165) is 19.7 Å². The molecule has 6 heteroatoms. The van der Waals surface area contributed by atoms with Crippen LogP contribution in [0.1, 0.15) is 18.7 Å². The number of aliphatic carboxylic acids is 1. The van der Waals surface area contributed by atoms with Crippen molar-refractivity contribution in [3.8, 4) is 0 Å². The maximum Gasteiger partial charge on any atom is 0.317 e. The molecular weight excluding hydrogens is 370 g/mol. The van der Waals surface area contributed by atoms with E-state index >= 15 is 0 Å². The average molecular weight is 385 g/mol. The van der Waals surface area contributed by atoms with E-state index in [1.807, 2.05) is 11.0 Å². The molecule has 3 nitrogen and oxygen atoms in total. The molecule has 96 valence electrons. The zero-order valence-corrected chi connectivity index (χ0v) is 13.7. The fourth-order valence-corrected chi connectivity index (χ4v) is 3.80. The highest BCUT2D eigenvalue weighted by atomic mass is 79.9. The van der Waals surface area contributed by atoms with Gasteiger partial charge in [-0.25, -0.2) is 0 Å². The van der Waals surface area contributed by atoms with Gasteiger partial charge in [0.05, 0.1) is 10.3 Å². The standard InChI is InChI=1S/C11H15Br2NO2S/c1-7(2)4-14(6-10(15)16)5-8-3-9(12)11(13)17-8/h3,7H,4-6H2,1-2H3,(H,15,16). The summed E-state index contributed by atoms with van der Waals surface area (Å²) in [5.41, 5.74) is 0. The van der Waals surface area contributed by atoms with E-state index in [4.69, 9.17) is 5.11 Å². The number of rotatable bonds is 6. The molecule has 0 saturated heterocycles. The summed E-state index contributed by atoms with van der Waals surface area (Å²) in [6, 6.07) is 2.03. The number of nitrogens with zero attached hydrogens (tertiary/aromatic N) is 1. The van der Waals surface area contributed by atoms with E-state index in [0.29, 0.717) is 12.5 Å². The molecule has 1 aromatic heterocycles. The third-order valence-corrected chi connectivity index (χ3v) is 5.30. The second-order valence-corrected chi connectivity index (χ2v) is 7.60. The Bertz CT molecular complexity index is 373.